The number of hydrogen-bond acceptors (Lipinski definition) is 3. The molecule has 0 unspecified atom stereocenters. The summed E-state index contributed by atoms with van der Waals surface area (Å²) in [4.78, 5) is 16.2. The number of carbonyl (C=O) groups is 1. The minimum absolute atomic E-state index is 0.0682. The van der Waals surface area contributed by atoms with Gasteiger partial charge in [-0.25, -0.2) is 0 Å². The predicted octanol–water partition coefficient (Wildman–Crippen LogP) is 2.09. The van der Waals surface area contributed by atoms with E-state index in [1.807, 2.05) is 24.9 Å². The van der Waals surface area contributed by atoms with Crippen molar-refractivity contribution in [2.75, 3.05) is 25.9 Å². The predicted molar refractivity (Wildman–Crippen MR) is 78.6 cm³/mol. The summed E-state index contributed by atoms with van der Waals surface area (Å²) in [5.41, 5.74) is 1.23. The van der Waals surface area contributed by atoms with Crippen LogP contribution in [0.5, 0.6) is 0 Å². The van der Waals surface area contributed by atoms with Gasteiger partial charge in [-0.3, -0.25) is 4.79 Å². The first-order valence-corrected chi connectivity index (χ1v) is 7.96. The van der Waals surface area contributed by atoms with E-state index in [1.54, 1.807) is 0 Å². The summed E-state index contributed by atoms with van der Waals surface area (Å²) in [6.45, 7) is 1.84. The highest BCUT2D eigenvalue weighted by Crippen LogP contribution is 2.41. The summed E-state index contributed by atoms with van der Waals surface area (Å²) >= 11 is 1.81. The number of thioether (sulfide) groups is 1. The summed E-state index contributed by atoms with van der Waals surface area (Å²) in [5, 5.41) is 3.21. The van der Waals surface area contributed by atoms with Crippen molar-refractivity contribution in [1.82, 2.24) is 10.2 Å². The molecule has 0 aliphatic carbocycles. The summed E-state index contributed by atoms with van der Waals surface area (Å²) in [6.07, 6.45) is 2.27. The van der Waals surface area contributed by atoms with E-state index in [2.05, 4.69) is 28.4 Å². The third kappa shape index (κ3) is 2.39. The van der Waals surface area contributed by atoms with E-state index in [9.17, 15) is 4.79 Å². The molecule has 1 N–H and O–H groups in total. The number of likely N-dealkylation sites (N-methyl/N-ethyl adjacent to an activating group) is 1. The molecule has 1 saturated heterocycles. The minimum Gasteiger partial charge on any atom is -0.338 e. The summed E-state index contributed by atoms with van der Waals surface area (Å²) < 4.78 is 0. The van der Waals surface area contributed by atoms with Crippen LogP contribution in [0.1, 0.15) is 24.3 Å². The van der Waals surface area contributed by atoms with Gasteiger partial charge in [0.25, 0.3) is 0 Å². The second kappa shape index (κ2) is 5.55. The highest BCUT2D eigenvalue weighted by Gasteiger charge is 2.36. The molecule has 19 heavy (non-hydrogen) atoms. The van der Waals surface area contributed by atoms with Crippen molar-refractivity contribution in [2.24, 2.45) is 0 Å². The van der Waals surface area contributed by atoms with Gasteiger partial charge in [0.15, 0.2) is 0 Å². The Morgan fingerprint density at radius 1 is 1.47 bits per heavy atom. The number of amides is 1. The second-order valence-electron chi connectivity index (χ2n) is 5.29. The molecule has 2 aliphatic rings. The van der Waals surface area contributed by atoms with Gasteiger partial charge in [0, 0.05) is 29.8 Å². The summed E-state index contributed by atoms with van der Waals surface area (Å²) in [6, 6.07) is 8.72. The van der Waals surface area contributed by atoms with Crippen LogP contribution in [0.3, 0.4) is 0 Å². The molecule has 0 saturated carbocycles. The molecule has 0 radical (unpaired) electrons. The Morgan fingerprint density at radius 3 is 3.16 bits per heavy atom. The Kier molecular flexibility index (Phi) is 3.80. The Morgan fingerprint density at radius 2 is 2.32 bits per heavy atom. The topological polar surface area (TPSA) is 32.3 Å². The third-order valence-electron chi connectivity index (χ3n) is 4.10. The average Bonchev–Trinajstić information content (AvgIpc) is 3.04. The molecule has 2 aliphatic heterocycles. The average molecular weight is 276 g/mol. The van der Waals surface area contributed by atoms with Crippen LogP contribution in [0.25, 0.3) is 0 Å². The van der Waals surface area contributed by atoms with Gasteiger partial charge in [0.1, 0.15) is 0 Å². The quantitative estimate of drug-likeness (QED) is 0.917. The lowest BCUT2D eigenvalue weighted by Crippen LogP contribution is -2.43. The molecule has 0 aromatic heterocycles. The molecular formula is C15H20N2OS. The lowest BCUT2D eigenvalue weighted by molar-refractivity contribution is -0.133. The van der Waals surface area contributed by atoms with Gasteiger partial charge in [0.05, 0.1) is 5.92 Å². The van der Waals surface area contributed by atoms with E-state index in [4.69, 9.17) is 0 Å². The number of benzene rings is 1. The van der Waals surface area contributed by atoms with Gasteiger partial charge in [-0.1, -0.05) is 18.2 Å². The zero-order valence-electron chi connectivity index (χ0n) is 11.3. The molecule has 1 amide bonds. The van der Waals surface area contributed by atoms with Crippen molar-refractivity contribution in [2.45, 2.75) is 29.7 Å². The molecule has 102 valence electrons. The molecular weight excluding hydrogens is 256 g/mol. The number of carbonyl (C=O) groups excluding carboxylic acids is 1. The number of rotatable bonds is 3. The summed E-state index contributed by atoms with van der Waals surface area (Å²) in [7, 11) is 1.96. The highest BCUT2D eigenvalue weighted by atomic mass is 32.2. The Balaban J connectivity index is 1.78. The zero-order valence-corrected chi connectivity index (χ0v) is 12.1. The minimum atomic E-state index is 0.0682. The molecule has 1 aromatic carbocycles. The van der Waals surface area contributed by atoms with Crippen molar-refractivity contribution < 1.29 is 4.79 Å². The van der Waals surface area contributed by atoms with Gasteiger partial charge in [-0.05, 0) is 31.5 Å². The van der Waals surface area contributed by atoms with Crippen LogP contribution in [0.4, 0.5) is 0 Å². The first-order chi connectivity index (χ1) is 9.31. The van der Waals surface area contributed by atoms with E-state index in [0.717, 1.165) is 31.7 Å². The molecule has 3 rings (SSSR count). The van der Waals surface area contributed by atoms with Crippen LogP contribution < -0.4 is 5.32 Å². The fraction of sp³-hybridized carbons (Fsp3) is 0.533. The van der Waals surface area contributed by atoms with E-state index in [1.165, 1.54) is 10.5 Å². The first kappa shape index (κ1) is 13.0. The maximum absolute atomic E-state index is 12.8. The fourth-order valence-corrected chi connectivity index (χ4v) is 4.36. The molecule has 1 aromatic rings. The van der Waals surface area contributed by atoms with E-state index in [0.29, 0.717) is 11.9 Å². The van der Waals surface area contributed by atoms with Crippen molar-refractivity contribution in [3.8, 4) is 0 Å². The molecule has 2 heterocycles. The first-order valence-electron chi connectivity index (χ1n) is 6.98. The molecule has 1 fully saturated rings. The smallest absolute Gasteiger partial charge is 0.231 e. The lowest BCUT2D eigenvalue weighted by atomic mass is 9.99. The fourth-order valence-electron chi connectivity index (χ4n) is 3.14. The number of nitrogens with zero attached hydrogens (tertiary/aromatic N) is 1. The molecule has 0 bridgehead atoms. The van der Waals surface area contributed by atoms with Crippen molar-refractivity contribution in [1.29, 1.82) is 0 Å². The monoisotopic (exact) mass is 276 g/mol. The third-order valence-corrected chi connectivity index (χ3v) is 5.28. The number of likely N-dealkylation sites (tertiary alicyclic amines) is 1. The van der Waals surface area contributed by atoms with Crippen LogP contribution >= 0.6 is 11.8 Å². The van der Waals surface area contributed by atoms with Gasteiger partial charge in [0.2, 0.25) is 5.91 Å². The second-order valence-corrected chi connectivity index (χ2v) is 6.35. The van der Waals surface area contributed by atoms with Crippen LogP contribution in [0.2, 0.25) is 0 Å². The van der Waals surface area contributed by atoms with Crippen LogP contribution in [-0.2, 0) is 4.79 Å². The largest absolute Gasteiger partial charge is 0.338 e. The van der Waals surface area contributed by atoms with E-state index < -0.39 is 0 Å². The Labute approximate surface area is 118 Å². The highest BCUT2D eigenvalue weighted by molar-refractivity contribution is 7.99. The number of fused-ring (bicyclic) bond motifs is 1. The molecule has 4 heteroatoms. The van der Waals surface area contributed by atoms with Crippen molar-refractivity contribution in [3.63, 3.8) is 0 Å². The van der Waals surface area contributed by atoms with E-state index in [-0.39, 0.29) is 5.92 Å². The molecule has 0 spiro atoms. The summed E-state index contributed by atoms with van der Waals surface area (Å²) in [5.74, 6) is 1.30. The van der Waals surface area contributed by atoms with Gasteiger partial charge in [-0.2, -0.15) is 0 Å². The molecule has 2 atom stereocenters. The maximum atomic E-state index is 12.8. The zero-order chi connectivity index (χ0) is 13.2. The Bertz CT molecular complexity index is 477. The van der Waals surface area contributed by atoms with Crippen molar-refractivity contribution >= 4 is 17.7 Å². The number of hydrogen-bond donors (Lipinski definition) is 1. The van der Waals surface area contributed by atoms with Gasteiger partial charge < -0.3 is 10.2 Å². The maximum Gasteiger partial charge on any atom is 0.231 e. The lowest BCUT2D eigenvalue weighted by Gasteiger charge is -2.27. The van der Waals surface area contributed by atoms with Crippen LogP contribution in [-0.4, -0.2) is 42.7 Å². The number of nitrogens with one attached hydrogen (secondary N) is 1. The van der Waals surface area contributed by atoms with E-state index >= 15 is 0 Å². The normalized spacial score (nSPS) is 25.6. The van der Waals surface area contributed by atoms with Gasteiger partial charge in [-0.15, -0.1) is 11.8 Å². The standard InChI is InChI=1S/C15H20N2OS/c1-16-9-11-5-4-8-17(11)15(18)13-10-19-14-7-3-2-6-12(13)14/h2-3,6-7,11,13,16H,4-5,8-10H2,1H3/t11-,13-/m0/s1. The molecule has 3 nitrogen and oxygen atoms in total. The SMILES string of the molecule is CNC[C@@H]1CCCN1C(=O)[C@H]1CSc2ccccc21. The van der Waals surface area contributed by atoms with Crippen LogP contribution in [0.15, 0.2) is 29.2 Å². The van der Waals surface area contributed by atoms with Gasteiger partial charge >= 0.3 is 0 Å². The Hall–Kier alpha value is -1.00. The van der Waals surface area contributed by atoms with Crippen molar-refractivity contribution in [3.05, 3.63) is 29.8 Å². The van der Waals surface area contributed by atoms with Crippen LogP contribution in [0, 0.1) is 0 Å².